The summed E-state index contributed by atoms with van der Waals surface area (Å²) in [6, 6.07) is 0. The largest absolute Gasteiger partial charge is 0.356 e. The number of nitrogens with one attached hydrogen (secondary N) is 2. The molecule has 0 bridgehead atoms. The van der Waals surface area contributed by atoms with Crippen LogP contribution in [-0.2, 0) is 12.8 Å². The molecule has 0 spiro atoms. The fourth-order valence-electron chi connectivity index (χ4n) is 2.61. The Hall–Kier alpha value is -0.410. The first kappa shape index (κ1) is 24.6. The number of hydrogen-bond donors (Lipinski definition) is 2. The molecule has 0 fully saturated rings. The van der Waals surface area contributed by atoms with Crippen molar-refractivity contribution in [2.45, 2.75) is 52.9 Å². The summed E-state index contributed by atoms with van der Waals surface area (Å²) in [5.41, 5.74) is 0. The van der Waals surface area contributed by atoms with E-state index < -0.39 is 0 Å². The maximum absolute atomic E-state index is 4.45. The van der Waals surface area contributed by atoms with E-state index in [1.807, 2.05) is 24.6 Å². The summed E-state index contributed by atoms with van der Waals surface area (Å²) in [5, 5.41) is 7.98. The molecule has 0 unspecified atom stereocenters. The standard InChI is InChI=1S/C18H35N5S.HI/c1-5-12-23(13-6-2)14-8-10-20-18(19-4)21-11-9-17-22-15-16(7-3)24-17;/h15H,5-14H2,1-4H3,(H2,19,20,21);1H. The van der Waals surface area contributed by atoms with Gasteiger partial charge in [-0.25, -0.2) is 4.98 Å². The van der Waals surface area contributed by atoms with Gasteiger partial charge in [0.2, 0.25) is 0 Å². The molecule has 0 saturated heterocycles. The third kappa shape index (κ3) is 11.0. The summed E-state index contributed by atoms with van der Waals surface area (Å²) in [4.78, 5) is 12.7. The molecule has 1 rings (SSSR count). The molecule has 0 saturated carbocycles. The first-order chi connectivity index (χ1) is 11.7. The van der Waals surface area contributed by atoms with Crippen LogP contribution < -0.4 is 10.6 Å². The Labute approximate surface area is 175 Å². The number of guanidine groups is 1. The van der Waals surface area contributed by atoms with Crippen LogP contribution >= 0.6 is 35.3 Å². The molecule has 0 aliphatic heterocycles. The van der Waals surface area contributed by atoms with Crippen molar-refractivity contribution in [2.75, 3.05) is 39.8 Å². The molecule has 0 aliphatic rings. The van der Waals surface area contributed by atoms with Crippen molar-refractivity contribution < 1.29 is 0 Å². The van der Waals surface area contributed by atoms with Crippen molar-refractivity contribution in [1.29, 1.82) is 0 Å². The fraction of sp³-hybridized carbons (Fsp3) is 0.778. The summed E-state index contributed by atoms with van der Waals surface area (Å²) in [7, 11) is 1.83. The van der Waals surface area contributed by atoms with E-state index in [9.17, 15) is 0 Å². The SMILES string of the molecule is CCCN(CCC)CCCNC(=NC)NCCc1ncc(CC)s1.I. The first-order valence-corrected chi connectivity index (χ1v) is 10.2. The van der Waals surface area contributed by atoms with Crippen molar-refractivity contribution in [3.05, 3.63) is 16.1 Å². The van der Waals surface area contributed by atoms with E-state index in [1.54, 1.807) is 0 Å². The highest BCUT2D eigenvalue weighted by Crippen LogP contribution is 2.13. The number of halogens is 1. The summed E-state index contributed by atoms with van der Waals surface area (Å²) in [6.45, 7) is 12.1. The van der Waals surface area contributed by atoms with E-state index in [2.05, 4.69) is 46.3 Å². The highest BCUT2D eigenvalue weighted by molar-refractivity contribution is 14.0. The van der Waals surface area contributed by atoms with Crippen LogP contribution in [0.5, 0.6) is 0 Å². The second kappa shape index (κ2) is 15.8. The predicted octanol–water partition coefficient (Wildman–Crippen LogP) is 3.54. The van der Waals surface area contributed by atoms with E-state index in [1.165, 1.54) is 35.8 Å². The van der Waals surface area contributed by atoms with Crippen molar-refractivity contribution in [3.8, 4) is 0 Å². The zero-order valence-electron chi connectivity index (χ0n) is 16.3. The van der Waals surface area contributed by atoms with Gasteiger partial charge in [-0.3, -0.25) is 4.99 Å². The molecule has 0 atom stereocenters. The number of rotatable bonds is 12. The molecule has 0 aliphatic carbocycles. The van der Waals surface area contributed by atoms with E-state index >= 15 is 0 Å². The molecule has 2 N–H and O–H groups in total. The Morgan fingerprint density at radius 2 is 1.80 bits per heavy atom. The summed E-state index contributed by atoms with van der Waals surface area (Å²) >= 11 is 1.81. The monoisotopic (exact) mass is 481 g/mol. The number of hydrogen-bond acceptors (Lipinski definition) is 4. The molecule has 1 heterocycles. The lowest BCUT2D eigenvalue weighted by Crippen LogP contribution is -2.39. The quantitative estimate of drug-likeness (QED) is 0.208. The Morgan fingerprint density at radius 1 is 1.12 bits per heavy atom. The number of thiazole rings is 1. The van der Waals surface area contributed by atoms with E-state index in [4.69, 9.17) is 0 Å². The van der Waals surface area contributed by atoms with Gasteiger partial charge >= 0.3 is 0 Å². The van der Waals surface area contributed by atoms with Gasteiger partial charge in [-0.05, 0) is 45.3 Å². The summed E-state index contributed by atoms with van der Waals surface area (Å²) < 4.78 is 0. The third-order valence-electron chi connectivity index (χ3n) is 3.83. The Kier molecular flexibility index (Phi) is 15.6. The van der Waals surface area contributed by atoms with Gasteiger partial charge in [-0.2, -0.15) is 0 Å². The maximum Gasteiger partial charge on any atom is 0.190 e. The molecule has 0 radical (unpaired) electrons. The lowest BCUT2D eigenvalue weighted by molar-refractivity contribution is 0.271. The third-order valence-corrected chi connectivity index (χ3v) is 5.03. The Morgan fingerprint density at radius 3 is 2.36 bits per heavy atom. The van der Waals surface area contributed by atoms with Crippen LogP contribution in [0.4, 0.5) is 0 Å². The van der Waals surface area contributed by atoms with Crippen molar-refractivity contribution in [3.63, 3.8) is 0 Å². The number of aryl methyl sites for hydroxylation is 1. The van der Waals surface area contributed by atoms with Gasteiger partial charge in [-0.15, -0.1) is 35.3 Å². The lowest BCUT2D eigenvalue weighted by Gasteiger charge is -2.21. The molecular weight excluding hydrogens is 445 g/mol. The van der Waals surface area contributed by atoms with Gasteiger partial charge in [0.15, 0.2) is 5.96 Å². The fourth-order valence-corrected chi connectivity index (χ4v) is 3.47. The zero-order valence-corrected chi connectivity index (χ0v) is 19.5. The lowest BCUT2D eigenvalue weighted by atomic mass is 10.3. The normalized spacial score (nSPS) is 11.5. The van der Waals surface area contributed by atoms with Crippen LogP contribution in [0.15, 0.2) is 11.2 Å². The number of aliphatic imine (C=N–C) groups is 1. The molecule has 1 aromatic rings. The first-order valence-electron chi connectivity index (χ1n) is 9.33. The van der Waals surface area contributed by atoms with E-state index in [0.29, 0.717) is 0 Å². The number of aromatic nitrogens is 1. The molecular formula is C18H36IN5S. The van der Waals surface area contributed by atoms with Crippen LogP contribution in [0.2, 0.25) is 0 Å². The van der Waals surface area contributed by atoms with Crippen LogP contribution in [0, 0.1) is 0 Å². The summed E-state index contributed by atoms with van der Waals surface area (Å²) in [5.74, 6) is 0.889. The van der Waals surface area contributed by atoms with Gasteiger partial charge in [0, 0.05) is 37.6 Å². The van der Waals surface area contributed by atoms with Crippen LogP contribution in [0.25, 0.3) is 0 Å². The van der Waals surface area contributed by atoms with Gasteiger partial charge in [-0.1, -0.05) is 20.8 Å². The summed E-state index contributed by atoms with van der Waals surface area (Å²) in [6.07, 6.45) is 7.62. The molecule has 1 aromatic heterocycles. The van der Waals surface area contributed by atoms with Crippen LogP contribution in [0.1, 0.15) is 49.9 Å². The molecule has 25 heavy (non-hydrogen) atoms. The number of nitrogens with zero attached hydrogens (tertiary/aromatic N) is 3. The zero-order chi connectivity index (χ0) is 17.6. The van der Waals surface area contributed by atoms with Gasteiger partial charge in [0.1, 0.15) is 0 Å². The van der Waals surface area contributed by atoms with Crippen LogP contribution in [0.3, 0.4) is 0 Å². The molecule has 146 valence electrons. The second-order valence-electron chi connectivity index (χ2n) is 5.94. The van der Waals surface area contributed by atoms with Crippen molar-refractivity contribution in [2.24, 2.45) is 4.99 Å². The molecule has 0 aromatic carbocycles. The minimum Gasteiger partial charge on any atom is -0.356 e. The second-order valence-corrected chi connectivity index (χ2v) is 7.14. The highest BCUT2D eigenvalue weighted by Gasteiger charge is 2.04. The molecule has 0 amide bonds. The van der Waals surface area contributed by atoms with Gasteiger partial charge in [0.25, 0.3) is 0 Å². The minimum absolute atomic E-state index is 0. The molecule has 5 nitrogen and oxygen atoms in total. The van der Waals surface area contributed by atoms with Gasteiger partial charge in [0.05, 0.1) is 5.01 Å². The average Bonchev–Trinajstić information content (AvgIpc) is 3.05. The smallest absolute Gasteiger partial charge is 0.190 e. The van der Waals surface area contributed by atoms with Gasteiger partial charge < -0.3 is 15.5 Å². The molecule has 7 heteroatoms. The average molecular weight is 481 g/mol. The van der Waals surface area contributed by atoms with E-state index in [0.717, 1.165) is 44.9 Å². The Bertz CT molecular complexity index is 458. The van der Waals surface area contributed by atoms with Crippen molar-refractivity contribution in [1.82, 2.24) is 20.5 Å². The minimum atomic E-state index is 0. The maximum atomic E-state index is 4.45. The Balaban J connectivity index is 0.00000576. The van der Waals surface area contributed by atoms with E-state index in [-0.39, 0.29) is 24.0 Å². The van der Waals surface area contributed by atoms with Crippen molar-refractivity contribution >= 4 is 41.3 Å². The predicted molar refractivity (Wildman–Crippen MR) is 122 cm³/mol. The van der Waals surface area contributed by atoms with Crippen LogP contribution in [-0.4, -0.2) is 55.6 Å². The topological polar surface area (TPSA) is 52.5 Å². The highest BCUT2D eigenvalue weighted by atomic mass is 127.